The minimum absolute atomic E-state index is 0.280. The molecule has 0 fully saturated rings. The zero-order valence-corrected chi connectivity index (χ0v) is 8.97. The molecule has 0 aliphatic heterocycles. The number of carboxylic acid groups (broad SMARTS) is 1. The van der Waals surface area contributed by atoms with E-state index in [1.54, 1.807) is 18.3 Å². The Kier molecular flexibility index (Phi) is 2.81. The van der Waals surface area contributed by atoms with Gasteiger partial charge in [0.2, 0.25) is 0 Å². The van der Waals surface area contributed by atoms with Crippen LogP contribution >= 0.6 is 0 Å². The highest BCUT2D eigenvalue weighted by Crippen LogP contribution is 2.16. The second-order valence-corrected chi connectivity index (χ2v) is 3.59. The van der Waals surface area contributed by atoms with Gasteiger partial charge < -0.3 is 5.11 Å². The van der Waals surface area contributed by atoms with Crippen molar-refractivity contribution in [3.8, 4) is 0 Å². The number of pyridine rings is 2. The largest absolute Gasteiger partial charge is 0.478 e. The van der Waals surface area contributed by atoms with Gasteiger partial charge in [0.15, 0.2) is 5.65 Å². The first-order valence-electron chi connectivity index (χ1n) is 5.20. The highest BCUT2D eigenvalue weighted by molar-refractivity contribution is 5.93. The van der Waals surface area contributed by atoms with Crippen LogP contribution < -0.4 is 0 Å². The number of aryl methyl sites for hydroxylation is 1. The lowest BCUT2D eigenvalue weighted by molar-refractivity contribution is 0.0695. The van der Waals surface area contributed by atoms with Gasteiger partial charge >= 0.3 is 5.97 Å². The SMILES string of the molecule is CCCc1nc2ncccc2cc1C(=O)O. The molecule has 0 amide bonds. The monoisotopic (exact) mass is 216 g/mol. The zero-order chi connectivity index (χ0) is 11.5. The van der Waals surface area contributed by atoms with E-state index in [4.69, 9.17) is 5.11 Å². The first-order chi connectivity index (χ1) is 7.72. The van der Waals surface area contributed by atoms with Crippen molar-refractivity contribution in [2.24, 2.45) is 0 Å². The lowest BCUT2D eigenvalue weighted by atomic mass is 10.1. The van der Waals surface area contributed by atoms with Gasteiger partial charge in [0.05, 0.1) is 11.3 Å². The molecule has 0 radical (unpaired) electrons. The van der Waals surface area contributed by atoms with E-state index in [9.17, 15) is 4.79 Å². The fraction of sp³-hybridized carbons (Fsp3) is 0.250. The number of aromatic nitrogens is 2. The second kappa shape index (κ2) is 4.26. The molecule has 1 N–H and O–H groups in total. The number of carboxylic acids is 1. The summed E-state index contributed by atoms with van der Waals surface area (Å²) in [6.07, 6.45) is 3.19. The Morgan fingerprint density at radius 3 is 3.00 bits per heavy atom. The third-order valence-electron chi connectivity index (χ3n) is 2.39. The molecule has 2 aromatic rings. The van der Waals surface area contributed by atoms with E-state index in [0.717, 1.165) is 11.8 Å². The van der Waals surface area contributed by atoms with Gasteiger partial charge in [0.1, 0.15) is 0 Å². The minimum atomic E-state index is -0.929. The van der Waals surface area contributed by atoms with Gasteiger partial charge in [-0.15, -0.1) is 0 Å². The standard InChI is InChI=1S/C12H12N2O2/c1-2-4-10-9(12(15)16)7-8-5-3-6-13-11(8)14-10/h3,5-7H,2,4H2,1H3,(H,15,16). The number of nitrogens with zero attached hydrogens (tertiary/aromatic N) is 2. The first kappa shape index (κ1) is 10.5. The molecule has 0 aliphatic carbocycles. The van der Waals surface area contributed by atoms with Crippen LogP contribution in [0.5, 0.6) is 0 Å². The van der Waals surface area contributed by atoms with Gasteiger partial charge in [-0.25, -0.2) is 14.8 Å². The van der Waals surface area contributed by atoms with E-state index < -0.39 is 5.97 Å². The lowest BCUT2D eigenvalue weighted by Gasteiger charge is -2.05. The van der Waals surface area contributed by atoms with Crippen LogP contribution in [-0.4, -0.2) is 21.0 Å². The summed E-state index contributed by atoms with van der Waals surface area (Å²) in [6.45, 7) is 2.00. The van der Waals surface area contributed by atoms with Crippen LogP contribution in [0, 0.1) is 0 Å². The molecule has 0 spiro atoms. The Morgan fingerprint density at radius 1 is 1.50 bits per heavy atom. The fourth-order valence-electron chi connectivity index (χ4n) is 1.65. The number of rotatable bonds is 3. The molecule has 0 aromatic carbocycles. The maximum absolute atomic E-state index is 11.1. The normalized spacial score (nSPS) is 10.6. The van der Waals surface area contributed by atoms with Crippen molar-refractivity contribution in [1.82, 2.24) is 9.97 Å². The van der Waals surface area contributed by atoms with E-state index in [-0.39, 0.29) is 5.56 Å². The van der Waals surface area contributed by atoms with E-state index in [1.807, 2.05) is 13.0 Å². The van der Waals surface area contributed by atoms with Crippen LogP contribution in [0.25, 0.3) is 11.0 Å². The number of hydrogen-bond donors (Lipinski definition) is 1. The lowest BCUT2D eigenvalue weighted by Crippen LogP contribution is -2.05. The Balaban J connectivity index is 2.65. The van der Waals surface area contributed by atoms with Gasteiger partial charge in [0.25, 0.3) is 0 Å². The molecule has 16 heavy (non-hydrogen) atoms. The Bertz CT molecular complexity index is 538. The molecule has 2 rings (SSSR count). The predicted octanol–water partition coefficient (Wildman–Crippen LogP) is 2.28. The van der Waals surface area contributed by atoms with Crippen molar-refractivity contribution < 1.29 is 9.90 Å². The van der Waals surface area contributed by atoms with Gasteiger partial charge in [-0.1, -0.05) is 13.3 Å². The summed E-state index contributed by atoms with van der Waals surface area (Å²) in [7, 11) is 0. The molecule has 0 saturated heterocycles. The van der Waals surface area contributed by atoms with Crippen molar-refractivity contribution in [3.05, 3.63) is 35.7 Å². The smallest absolute Gasteiger partial charge is 0.337 e. The number of fused-ring (bicyclic) bond motifs is 1. The molecular formula is C12H12N2O2. The predicted molar refractivity (Wildman–Crippen MR) is 60.5 cm³/mol. The molecular weight excluding hydrogens is 204 g/mol. The Morgan fingerprint density at radius 2 is 2.31 bits per heavy atom. The average molecular weight is 216 g/mol. The number of aromatic carboxylic acids is 1. The number of carbonyl (C=O) groups is 1. The maximum Gasteiger partial charge on any atom is 0.337 e. The average Bonchev–Trinajstić information content (AvgIpc) is 2.28. The highest BCUT2D eigenvalue weighted by Gasteiger charge is 2.12. The van der Waals surface area contributed by atoms with Crippen LogP contribution in [0.15, 0.2) is 24.4 Å². The second-order valence-electron chi connectivity index (χ2n) is 3.59. The van der Waals surface area contributed by atoms with Gasteiger partial charge in [-0.3, -0.25) is 0 Å². The summed E-state index contributed by atoms with van der Waals surface area (Å²) >= 11 is 0. The number of hydrogen-bond acceptors (Lipinski definition) is 3. The molecule has 0 saturated carbocycles. The van der Waals surface area contributed by atoms with Crippen molar-refractivity contribution in [1.29, 1.82) is 0 Å². The molecule has 0 aliphatic rings. The van der Waals surface area contributed by atoms with Crippen molar-refractivity contribution in [2.45, 2.75) is 19.8 Å². The Labute approximate surface area is 93.0 Å². The molecule has 0 atom stereocenters. The third-order valence-corrected chi connectivity index (χ3v) is 2.39. The molecule has 4 nitrogen and oxygen atoms in total. The summed E-state index contributed by atoms with van der Waals surface area (Å²) in [4.78, 5) is 19.5. The van der Waals surface area contributed by atoms with E-state index in [1.165, 1.54) is 0 Å². The quantitative estimate of drug-likeness (QED) is 0.854. The molecule has 2 aromatic heterocycles. The third kappa shape index (κ3) is 1.86. The van der Waals surface area contributed by atoms with Gasteiger partial charge in [-0.05, 0) is 24.6 Å². The van der Waals surface area contributed by atoms with Crippen molar-refractivity contribution in [2.75, 3.05) is 0 Å². The fourth-order valence-corrected chi connectivity index (χ4v) is 1.65. The van der Waals surface area contributed by atoms with Crippen LogP contribution in [0.2, 0.25) is 0 Å². The van der Waals surface area contributed by atoms with Crippen LogP contribution in [0.4, 0.5) is 0 Å². The summed E-state index contributed by atoms with van der Waals surface area (Å²) in [6, 6.07) is 5.23. The summed E-state index contributed by atoms with van der Waals surface area (Å²) in [5, 5.41) is 9.86. The van der Waals surface area contributed by atoms with Crippen molar-refractivity contribution >= 4 is 17.0 Å². The highest BCUT2D eigenvalue weighted by atomic mass is 16.4. The van der Waals surface area contributed by atoms with Crippen LogP contribution in [0.1, 0.15) is 29.4 Å². The van der Waals surface area contributed by atoms with E-state index in [0.29, 0.717) is 17.8 Å². The molecule has 0 bridgehead atoms. The van der Waals surface area contributed by atoms with Crippen LogP contribution in [-0.2, 0) is 6.42 Å². The molecule has 4 heteroatoms. The van der Waals surface area contributed by atoms with E-state index in [2.05, 4.69) is 9.97 Å². The van der Waals surface area contributed by atoms with Crippen molar-refractivity contribution in [3.63, 3.8) is 0 Å². The topological polar surface area (TPSA) is 63.1 Å². The van der Waals surface area contributed by atoms with E-state index >= 15 is 0 Å². The Hall–Kier alpha value is -1.97. The maximum atomic E-state index is 11.1. The summed E-state index contributed by atoms with van der Waals surface area (Å²) in [5.74, 6) is -0.929. The molecule has 82 valence electrons. The van der Waals surface area contributed by atoms with Gasteiger partial charge in [0, 0.05) is 11.6 Å². The summed E-state index contributed by atoms with van der Waals surface area (Å²) in [5.41, 5.74) is 1.50. The first-order valence-corrected chi connectivity index (χ1v) is 5.20. The van der Waals surface area contributed by atoms with Crippen LogP contribution in [0.3, 0.4) is 0 Å². The molecule has 0 unspecified atom stereocenters. The summed E-state index contributed by atoms with van der Waals surface area (Å²) < 4.78 is 0. The zero-order valence-electron chi connectivity index (χ0n) is 8.97. The molecule has 2 heterocycles. The minimum Gasteiger partial charge on any atom is -0.478 e. The van der Waals surface area contributed by atoms with Gasteiger partial charge in [-0.2, -0.15) is 0 Å².